The van der Waals surface area contributed by atoms with Crippen molar-refractivity contribution in [1.29, 1.82) is 0 Å². The van der Waals surface area contributed by atoms with E-state index in [0.29, 0.717) is 5.76 Å². The number of carbonyl (C=O) groups is 1. The van der Waals surface area contributed by atoms with Gasteiger partial charge in [0.25, 0.3) is 0 Å². The van der Waals surface area contributed by atoms with E-state index in [0.717, 1.165) is 0 Å². The van der Waals surface area contributed by atoms with E-state index in [1.165, 1.54) is 37.4 Å². The van der Waals surface area contributed by atoms with Gasteiger partial charge in [0, 0.05) is 6.42 Å². The monoisotopic (exact) mass is 329 g/mol. The van der Waals surface area contributed by atoms with E-state index in [1.807, 2.05) is 0 Å². The molecule has 2 N–H and O–H groups in total. The molecule has 0 aliphatic heterocycles. The van der Waals surface area contributed by atoms with Crippen molar-refractivity contribution in [3.05, 3.63) is 42.2 Å². The molecule has 23 heavy (non-hydrogen) atoms. The molecule has 0 aliphatic rings. The predicted molar refractivity (Wildman–Crippen MR) is 74.5 cm³/mol. The molecule has 0 amide bonds. The molecule has 5 nitrogen and oxygen atoms in total. The van der Waals surface area contributed by atoms with Gasteiger partial charge >= 0.3 is 12.3 Å². The van der Waals surface area contributed by atoms with Gasteiger partial charge in [-0.2, -0.15) is 0 Å². The summed E-state index contributed by atoms with van der Waals surface area (Å²) in [5.41, 5.74) is 5.75. The van der Waals surface area contributed by atoms with Crippen molar-refractivity contribution in [2.75, 3.05) is 7.11 Å². The number of carbonyl (C=O) groups excluding carboxylic acids is 1. The Bertz CT molecular complexity index is 681. The molecule has 0 spiro atoms. The van der Waals surface area contributed by atoms with Crippen LogP contribution in [0.1, 0.15) is 5.76 Å². The fourth-order valence-electron chi connectivity index (χ4n) is 1.97. The number of benzene rings is 1. The van der Waals surface area contributed by atoms with Crippen LogP contribution in [0.3, 0.4) is 0 Å². The highest BCUT2D eigenvalue weighted by atomic mass is 19.4. The molecule has 0 saturated heterocycles. The van der Waals surface area contributed by atoms with Crippen LogP contribution in [0.5, 0.6) is 5.75 Å². The Morgan fingerprint density at radius 2 is 1.96 bits per heavy atom. The molecule has 0 saturated carbocycles. The summed E-state index contributed by atoms with van der Waals surface area (Å²) in [7, 11) is 1.21. The summed E-state index contributed by atoms with van der Waals surface area (Å²) >= 11 is 0. The minimum atomic E-state index is -4.81. The van der Waals surface area contributed by atoms with Gasteiger partial charge in [0.1, 0.15) is 23.3 Å². The normalized spacial score (nSPS) is 12.7. The first-order chi connectivity index (χ1) is 10.8. The number of hydrogen-bond acceptors (Lipinski definition) is 5. The van der Waals surface area contributed by atoms with E-state index in [1.54, 1.807) is 6.07 Å². The Morgan fingerprint density at radius 1 is 1.26 bits per heavy atom. The molecule has 0 fully saturated rings. The number of alkyl halides is 3. The van der Waals surface area contributed by atoms with Crippen LogP contribution in [0, 0.1) is 0 Å². The molecule has 1 aromatic carbocycles. The van der Waals surface area contributed by atoms with E-state index in [9.17, 15) is 18.0 Å². The zero-order valence-corrected chi connectivity index (χ0v) is 12.1. The standard InChI is InChI=1S/C15H14F3NO4/c1-21-14(20)11(19)8-9-6-7-12(22-9)10-4-2-3-5-13(10)23-15(16,17)18/h2-7,11H,8,19H2,1H3. The van der Waals surface area contributed by atoms with Gasteiger partial charge in [0.15, 0.2) is 0 Å². The second-order valence-electron chi connectivity index (χ2n) is 4.64. The third-order valence-corrected chi connectivity index (χ3v) is 2.96. The summed E-state index contributed by atoms with van der Waals surface area (Å²) in [6.45, 7) is 0. The van der Waals surface area contributed by atoms with Gasteiger partial charge < -0.3 is 19.6 Å². The van der Waals surface area contributed by atoms with Crippen molar-refractivity contribution in [2.24, 2.45) is 5.73 Å². The molecule has 1 aromatic heterocycles. The number of hydrogen-bond donors (Lipinski definition) is 1. The van der Waals surface area contributed by atoms with E-state index in [-0.39, 0.29) is 23.5 Å². The minimum absolute atomic E-state index is 0.0645. The third kappa shape index (κ3) is 4.49. The number of methoxy groups -OCH3 is 1. The van der Waals surface area contributed by atoms with Gasteiger partial charge in [-0.05, 0) is 24.3 Å². The van der Waals surface area contributed by atoms with Crippen molar-refractivity contribution in [2.45, 2.75) is 18.8 Å². The lowest BCUT2D eigenvalue weighted by molar-refractivity contribution is -0.274. The maximum Gasteiger partial charge on any atom is 0.573 e. The molecule has 0 aliphatic carbocycles. The second kappa shape index (κ2) is 6.74. The van der Waals surface area contributed by atoms with Crippen LogP contribution < -0.4 is 10.5 Å². The average Bonchev–Trinajstić information content (AvgIpc) is 2.93. The Morgan fingerprint density at radius 3 is 2.61 bits per heavy atom. The summed E-state index contributed by atoms with van der Waals surface area (Å²) in [5.74, 6) is -0.460. The molecule has 8 heteroatoms. The summed E-state index contributed by atoms with van der Waals surface area (Å²) in [6.07, 6.45) is -4.74. The number of ether oxygens (including phenoxy) is 2. The third-order valence-electron chi connectivity index (χ3n) is 2.96. The fraction of sp³-hybridized carbons (Fsp3) is 0.267. The lowest BCUT2D eigenvalue weighted by Crippen LogP contribution is -2.33. The number of para-hydroxylation sites is 1. The van der Waals surface area contributed by atoms with Gasteiger partial charge in [-0.3, -0.25) is 4.79 Å². The van der Waals surface area contributed by atoms with E-state index >= 15 is 0 Å². The summed E-state index contributed by atoms with van der Waals surface area (Å²) in [6, 6.07) is 7.69. The first-order valence-electron chi connectivity index (χ1n) is 6.57. The largest absolute Gasteiger partial charge is 0.573 e. The Hall–Kier alpha value is -2.48. The first kappa shape index (κ1) is 16.9. The number of halogens is 3. The molecule has 1 unspecified atom stereocenters. The van der Waals surface area contributed by atoms with E-state index in [4.69, 9.17) is 10.2 Å². The van der Waals surface area contributed by atoms with Gasteiger partial charge in [-0.15, -0.1) is 13.2 Å². The summed E-state index contributed by atoms with van der Waals surface area (Å²) < 4.78 is 51.2. The molecule has 124 valence electrons. The maximum atomic E-state index is 12.4. The smallest absolute Gasteiger partial charge is 0.468 e. The van der Waals surface area contributed by atoms with Gasteiger partial charge in [-0.25, -0.2) is 0 Å². The van der Waals surface area contributed by atoms with Crippen LogP contribution in [0.4, 0.5) is 13.2 Å². The van der Waals surface area contributed by atoms with Crippen LogP contribution in [-0.2, 0) is 16.0 Å². The molecule has 2 aromatic rings. The first-order valence-corrected chi connectivity index (χ1v) is 6.57. The van der Waals surface area contributed by atoms with Crippen molar-refractivity contribution < 1.29 is 31.9 Å². The Labute approximate surface area is 129 Å². The molecule has 0 radical (unpaired) electrons. The van der Waals surface area contributed by atoms with Crippen molar-refractivity contribution in [3.63, 3.8) is 0 Å². The highest BCUT2D eigenvalue weighted by Gasteiger charge is 2.32. The van der Waals surface area contributed by atoms with Crippen molar-refractivity contribution in [1.82, 2.24) is 0 Å². The minimum Gasteiger partial charge on any atom is -0.468 e. The topological polar surface area (TPSA) is 74.7 Å². The lowest BCUT2D eigenvalue weighted by atomic mass is 10.1. The molecule has 1 heterocycles. The molecular weight excluding hydrogens is 315 g/mol. The fourth-order valence-corrected chi connectivity index (χ4v) is 1.97. The van der Waals surface area contributed by atoms with Crippen LogP contribution in [0.2, 0.25) is 0 Å². The maximum absolute atomic E-state index is 12.4. The van der Waals surface area contributed by atoms with E-state index < -0.39 is 18.4 Å². The highest BCUT2D eigenvalue weighted by molar-refractivity contribution is 5.75. The van der Waals surface area contributed by atoms with Crippen LogP contribution in [0.15, 0.2) is 40.8 Å². The van der Waals surface area contributed by atoms with Crippen molar-refractivity contribution in [3.8, 4) is 17.1 Å². The number of rotatable bonds is 5. The van der Waals surface area contributed by atoms with Crippen LogP contribution in [-0.4, -0.2) is 25.5 Å². The molecule has 0 bridgehead atoms. The zero-order chi connectivity index (χ0) is 17.0. The highest BCUT2D eigenvalue weighted by Crippen LogP contribution is 2.34. The second-order valence-corrected chi connectivity index (χ2v) is 4.64. The van der Waals surface area contributed by atoms with E-state index in [2.05, 4.69) is 9.47 Å². The summed E-state index contributed by atoms with van der Waals surface area (Å²) in [5, 5.41) is 0. The Kier molecular flexibility index (Phi) is 4.95. The number of esters is 1. The van der Waals surface area contributed by atoms with Crippen LogP contribution in [0.25, 0.3) is 11.3 Å². The molecular formula is C15H14F3NO4. The molecule has 2 rings (SSSR count). The van der Waals surface area contributed by atoms with Crippen LogP contribution >= 0.6 is 0 Å². The van der Waals surface area contributed by atoms with Gasteiger partial charge in [-0.1, -0.05) is 12.1 Å². The molecule has 1 atom stereocenters. The SMILES string of the molecule is COC(=O)C(N)Cc1ccc(-c2ccccc2OC(F)(F)F)o1. The predicted octanol–water partition coefficient (Wildman–Crippen LogP) is 2.89. The summed E-state index contributed by atoms with van der Waals surface area (Å²) in [4.78, 5) is 11.3. The Balaban J connectivity index is 2.22. The quantitative estimate of drug-likeness (QED) is 0.854. The van der Waals surface area contributed by atoms with Gasteiger partial charge in [0.05, 0.1) is 12.7 Å². The number of furan rings is 1. The van der Waals surface area contributed by atoms with Gasteiger partial charge in [0.2, 0.25) is 0 Å². The zero-order valence-electron chi connectivity index (χ0n) is 12.1. The number of nitrogens with two attached hydrogens (primary N) is 1. The average molecular weight is 329 g/mol. The van der Waals surface area contributed by atoms with Crippen molar-refractivity contribution >= 4 is 5.97 Å². The lowest BCUT2D eigenvalue weighted by Gasteiger charge is -2.11.